The second-order valence-corrected chi connectivity index (χ2v) is 10.6. The normalized spacial score (nSPS) is 18.8. The van der Waals surface area contributed by atoms with E-state index in [0.29, 0.717) is 13.1 Å². The molecule has 2 saturated heterocycles. The largest absolute Gasteiger partial charge is 0.353 e. The van der Waals surface area contributed by atoms with Gasteiger partial charge in [0.2, 0.25) is 11.8 Å². The summed E-state index contributed by atoms with van der Waals surface area (Å²) in [4.78, 5) is 28.0. The Morgan fingerprint density at radius 1 is 0.833 bits per heavy atom. The van der Waals surface area contributed by atoms with Crippen LogP contribution in [0.5, 0.6) is 0 Å². The van der Waals surface area contributed by atoms with Crippen molar-refractivity contribution in [3.8, 4) is 0 Å². The molecule has 0 saturated carbocycles. The number of hydrogen-bond donors (Lipinski definition) is 2. The number of benzene rings is 2. The lowest BCUT2D eigenvalue weighted by Crippen LogP contribution is -2.52. The molecule has 0 aliphatic carbocycles. The zero-order valence-electron chi connectivity index (χ0n) is 21.7. The van der Waals surface area contributed by atoms with Crippen LogP contribution in [0.25, 0.3) is 0 Å². The monoisotopic (exact) mass is 489 g/mol. The smallest absolute Gasteiger partial charge is 0.239 e. The summed E-state index contributed by atoms with van der Waals surface area (Å²) in [5.41, 5.74) is 2.72. The van der Waals surface area contributed by atoms with E-state index < -0.39 is 0 Å². The summed E-state index contributed by atoms with van der Waals surface area (Å²) in [5.74, 6) is 0.426. The van der Waals surface area contributed by atoms with Crippen molar-refractivity contribution < 1.29 is 9.59 Å². The lowest BCUT2D eigenvalue weighted by Gasteiger charge is -2.35. The van der Waals surface area contributed by atoms with Gasteiger partial charge in [-0.15, -0.1) is 0 Å². The van der Waals surface area contributed by atoms with Crippen LogP contribution < -0.4 is 10.6 Å². The number of hydrogen-bond acceptors (Lipinski definition) is 3. The van der Waals surface area contributed by atoms with E-state index in [9.17, 15) is 9.59 Å². The first-order valence-electron chi connectivity index (χ1n) is 14.1. The molecule has 36 heavy (non-hydrogen) atoms. The summed E-state index contributed by atoms with van der Waals surface area (Å²) in [7, 11) is 0. The standard InChI is InChI=1S/C31H43N3O2/c35-30(27-20-23-34(24-21-27)31(36)29-19-7-8-22-32-29)33-28(17-9-15-25-11-3-1-4-12-25)18-10-16-26-13-5-2-6-14-26/h1-6,11-14,27-29,32H,7-10,15-24H2,(H,33,35). The van der Waals surface area contributed by atoms with E-state index in [-0.39, 0.29) is 29.8 Å². The third-order valence-corrected chi connectivity index (χ3v) is 7.85. The molecule has 194 valence electrons. The summed E-state index contributed by atoms with van der Waals surface area (Å²) in [6.07, 6.45) is 11.0. The van der Waals surface area contributed by atoms with Gasteiger partial charge in [-0.25, -0.2) is 0 Å². The maximum Gasteiger partial charge on any atom is 0.239 e. The van der Waals surface area contributed by atoms with Crippen molar-refractivity contribution >= 4 is 11.8 Å². The molecule has 4 rings (SSSR count). The molecule has 0 bridgehead atoms. The van der Waals surface area contributed by atoms with Crippen LogP contribution >= 0.6 is 0 Å². The van der Waals surface area contributed by atoms with E-state index in [4.69, 9.17) is 0 Å². The average molecular weight is 490 g/mol. The molecule has 0 spiro atoms. The van der Waals surface area contributed by atoms with Gasteiger partial charge >= 0.3 is 0 Å². The van der Waals surface area contributed by atoms with Crippen LogP contribution in [0.3, 0.4) is 0 Å². The predicted molar refractivity (Wildman–Crippen MR) is 146 cm³/mol. The fraction of sp³-hybridized carbons (Fsp3) is 0.548. The maximum absolute atomic E-state index is 13.2. The molecular formula is C31H43N3O2. The van der Waals surface area contributed by atoms with Gasteiger partial charge in [0.25, 0.3) is 0 Å². The average Bonchev–Trinajstić information content (AvgIpc) is 2.94. The van der Waals surface area contributed by atoms with Crippen molar-refractivity contribution in [2.24, 2.45) is 5.92 Å². The number of aryl methyl sites for hydroxylation is 2. The Bertz CT molecular complexity index is 874. The molecule has 2 amide bonds. The topological polar surface area (TPSA) is 61.4 Å². The first-order valence-corrected chi connectivity index (χ1v) is 14.1. The SMILES string of the molecule is O=C(NC(CCCc1ccccc1)CCCc1ccccc1)C1CCN(C(=O)C2CCCCN2)CC1. The van der Waals surface area contributed by atoms with Gasteiger partial charge in [0.15, 0.2) is 0 Å². The number of piperidine rings is 2. The molecule has 2 aliphatic heterocycles. The number of nitrogens with zero attached hydrogens (tertiary/aromatic N) is 1. The van der Waals surface area contributed by atoms with E-state index in [0.717, 1.165) is 77.2 Å². The van der Waals surface area contributed by atoms with Crippen molar-refractivity contribution in [1.29, 1.82) is 0 Å². The number of carbonyl (C=O) groups is 2. The van der Waals surface area contributed by atoms with Crippen LogP contribution in [0.1, 0.15) is 68.9 Å². The van der Waals surface area contributed by atoms with Crippen molar-refractivity contribution in [1.82, 2.24) is 15.5 Å². The van der Waals surface area contributed by atoms with E-state index in [1.807, 2.05) is 4.90 Å². The minimum atomic E-state index is -0.0252. The summed E-state index contributed by atoms with van der Waals surface area (Å²) in [5, 5.41) is 6.78. The van der Waals surface area contributed by atoms with Crippen LogP contribution in [-0.4, -0.2) is 48.4 Å². The number of carbonyl (C=O) groups excluding carboxylic acids is 2. The molecule has 1 unspecified atom stereocenters. The first kappa shape index (κ1) is 26.4. The Morgan fingerprint density at radius 3 is 1.94 bits per heavy atom. The number of rotatable bonds is 11. The molecule has 2 aromatic carbocycles. The van der Waals surface area contributed by atoms with Crippen LogP contribution in [0.2, 0.25) is 0 Å². The van der Waals surface area contributed by atoms with Gasteiger partial charge in [0.1, 0.15) is 0 Å². The Morgan fingerprint density at radius 2 is 1.42 bits per heavy atom. The molecule has 2 aliphatic rings. The van der Waals surface area contributed by atoms with E-state index in [1.165, 1.54) is 11.1 Å². The van der Waals surface area contributed by atoms with Crippen molar-refractivity contribution in [3.05, 3.63) is 71.8 Å². The van der Waals surface area contributed by atoms with Gasteiger partial charge in [-0.2, -0.15) is 0 Å². The molecule has 2 N–H and O–H groups in total. The van der Waals surface area contributed by atoms with Gasteiger partial charge in [-0.1, -0.05) is 67.1 Å². The fourth-order valence-electron chi connectivity index (χ4n) is 5.65. The van der Waals surface area contributed by atoms with Gasteiger partial charge < -0.3 is 15.5 Å². The second-order valence-electron chi connectivity index (χ2n) is 10.6. The maximum atomic E-state index is 13.2. The zero-order valence-corrected chi connectivity index (χ0v) is 21.7. The van der Waals surface area contributed by atoms with Crippen molar-refractivity contribution in [2.45, 2.75) is 82.7 Å². The molecule has 5 heteroatoms. The summed E-state index contributed by atoms with van der Waals surface area (Å²) >= 11 is 0. The second kappa shape index (κ2) is 14.2. The van der Waals surface area contributed by atoms with Gasteiger partial charge in [-0.3, -0.25) is 9.59 Å². The van der Waals surface area contributed by atoms with E-state index >= 15 is 0 Å². The zero-order chi connectivity index (χ0) is 25.0. The highest BCUT2D eigenvalue weighted by molar-refractivity contribution is 5.83. The molecule has 0 radical (unpaired) electrons. The predicted octanol–water partition coefficient (Wildman–Crippen LogP) is 4.90. The number of likely N-dealkylation sites (tertiary alicyclic amines) is 1. The Kier molecular flexibility index (Phi) is 10.4. The lowest BCUT2D eigenvalue weighted by molar-refractivity contribution is -0.138. The van der Waals surface area contributed by atoms with Crippen molar-refractivity contribution in [3.63, 3.8) is 0 Å². The van der Waals surface area contributed by atoms with Gasteiger partial charge in [0, 0.05) is 25.0 Å². The third-order valence-electron chi connectivity index (χ3n) is 7.85. The van der Waals surface area contributed by atoms with Crippen molar-refractivity contribution in [2.75, 3.05) is 19.6 Å². The van der Waals surface area contributed by atoms with Crippen LogP contribution in [-0.2, 0) is 22.4 Å². The molecule has 5 nitrogen and oxygen atoms in total. The summed E-state index contributed by atoms with van der Waals surface area (Å²) < 4.78 is 0. The van der Waals surface area contributed by atoms with Crippen LogP contribution in [0, 0.1) is 5.92 Å². The van der Waals surface area contributed by atoms with E-state index in [1.54, 1.807) is 0 Å². The molecule has 1 atom stereocenters. The molecule has 2 heterocycles. The minimum absolute atomic E-state index is 0.0131. The van der Waals surface area contributed by atoms with Gasteiger partial charge in [0.05, 0.1) is 6.04 Å². The number of amides is 2. The molecule has 0 aromatic heterocycles. The molecular weight excluding hydrogens is 446 g/mol. The van der Waals surface area contributed by atoms with Crippen LogP contribution in [0.4, 0.5) is 0 Å². The Labute approximate surface area is 217 Å². The molecule has 2 aromatic rings. The first-order chi connectivity index (χ1) is 17.7. The number of nitrogens with one attached hydrogen (secondary N) is 2. The third kappa shape index (κ3) is 8.19. The molecule has 2 fully saturated rings. The van der Waals surface area contributed by atoms with Gasteiger partial charge in [-0.05, 0) is 81.9 Å². The minimum Gasteiger partial charge on any atom is -0.353 e. The highest BCUT2D eigenvalue weighted by Gasteiger charge is 2.31. The van der Waals surface area contributed by atoms with Crippen LogP contribution in [0.15, 0.2) is 60.7 Å². The van der Waals surface area contributed by atoms with E-state index in [2.05, 4.69) is 71.3 Å². The Hall–Kier alpha value is -2.66. The summed E-state index contributed by atoms with van der Waals surface area (Å²) in [6, 6.07) is 21.4. The highest BCUT2D eigenvalue weighted by Crippen LogP contribution is 2.21. The summed E-state index contributed by atoms with van der Waals surface area (Å²) in [6.45, 7) is 2.33. The fourth-order valence-corrected chi connectivity index (χ4v) is 5.65. The quantitative estimate of drug-likeness (QED) is 0.472. The lowest BCUT2D eigenvalue weighted by atomic mass is 9.93. The highest BCUT2D eigenvalue weighted by atomic mass is 16.2. The Balaban J connectivity index is 1.25.